The molecule has 0 fully saturated rings. The number of halogens is 2. The minimum atomic E-state index is 0.0495. The normalized spacial score (nSPS) is 11.0. The molecule has 1 aromatic heterocycles. The van der Waals surface area contributed by atoms with Gasteiger partial charge in [-0.2, -0.15) is 0 Å². The second-order valence-electron chi connectivity index (χ2n) is 5.26. The van der Waals surface area contributed by atoms with Crippen molar-refractivity contribution in [2.24, 2.45) is 0 Å². The van der Waals surface area contributed by atoms with E-state index in [-0.39, 0.29) is 11.6 Å². The van der Waals surface area contributed by atoms with Crippen molar-refractivity contribution in [1.29, 1.82) is 0 Å². The lowest BCUT2D eigenvalue weighted by Gasteiger charge is -2.07. The van der Waals surface area contributed by atoms with E-state index < -0.39 is 0 Å². The van der Waals surface area contributed by atoms with Crippen LogP contribution in [0.2, 0.25) is 0 Å². The van der Waals surface area contributed by atoms with Crippen LogP contribution in [0.1, 0.15) is 25.7 Å². The van der Waals surface area contributed by atoms with E-state index in [1.54, 1.807) is 0 Å². The zero-order valence-corrected chi connectivity index (χ0v) is 16.8. The Morgan fingerprint density at radius 2 is 1.67 bits per heavy atom. The average molecular weight is 467 g/mol. The van der Waals surface area contributed by atoms with Crippen molar-refractivity contribution in [2.75, 3.05) is 10.7 Å². The molecule has 0 saturated heterocycles. The van der Waals surface area contributed by atoms with Crippen molar-refractivity contribution >= 4 is 65.0 Å². The quantitative estimate of drug-likeness (QED) is 0.372. The molecule has 0 N–H and O–H groups in total. The SMILES string of the molecule is Cc1nc2c(-c3ccc(C(=O)CBr)cc3)ccc(C(=O)CBr)c2s1. The first-order chi connectivity index (χ1) is 11.5. The molecule has 2 aromatic carbocycles. The number of fused-ring (bicyclic) bond motifs is 1. The van der Waals surface area contributed by atoms with Gasteiger partial charge in [0.25, 0.3) is 0 Å². The molecule has 3 aromatic rings. The number of nitrogens with zero attached hydrogens (tertiary/aromatic N) is 1. The van der Waals surface area contributed by atoms with Crippen LogP contribution in [0, 0.1) is 6.92 Å². The van der Waals surface area contributed by atoms with E-state index in [0.717, 1.165) is 26.4 Å². The lowest BCUT2D eigenvalue weighted by atomic mass is 9.99. The van der Waals surface area contributed by atoms with Crippen LogP contribution in [0.3, 0.4) is 0 Å². The highest BCUT2D eigenvalue weighted by atomic mass is 79.9. The molecule has 122 valence electrons. The summed E-state index contributed by atoms with van der Waals surface area (Å²) >= 11 is 7.95. The fraction of sp³-hybridized carbons (Fsp3) is 0.167. The van der Waals surface area contributed by atoms with Gasteiger partial charge in [0.1, 0.15) is 0 Å². The number of thiazole rings is 1. The lowest BCUT2D eigenvalue weighted by molar-refractivity contribution is 0.101. The van der Waals surface area contributed by atoms with E-state index >= 15 is 0 Å². The second-order valence-corrected chi connectivity index (χ2v) is 7.59. The molecule has 6 heteroatoms. The van der Waals surface area contributed by atoms with Gasteiger partial charge in [0.15, 0.2) is 11.6 Å². The molecule has 0 saturated carbocycles. The molecule has 24 heavy (non-hydrogen) atoms. The largest absolute Gasteiger partial charge is 0.293 e. The topological polar surface area (TPSA) is 47.0 Å². The number of aryl methyl sites for hydroxylation is 1. The third-order valence-corrected chi connectivity index (χ3v) is 5.73. The number of rotatable bonds is 5. The Bertz CT molecular complexity index is 932. The highest BCUT2D eigenvalue weighted by molar-refractivity contribution is 9.09. The maximum Gasteiger partial charge on any atom is 0.174 e. The molecule has 1 heterocycles. The molecular weight excluding hydrogens is 454 g/mol. The zero-order valence-electron chi connectivity index (χ0n) is 12.8. The predicted octanol–water partition coefficient (Wildman–Crippen LogP) is 5.43. The Labute approximate surface area is 160 Å². The van der Waals surface area contributed by atoms with E-state index in [9.17, 15) is 9.59 Å². The summed E-state index contributed by atoms with van der Waals surface area (Å²) in [6.45, 7) is 1.94. The van der Waals surface area contributed by atoms with Crippen LogP contribution in [-0.4, -0.2) is 27.2 Å². The zero-order chi connectivity index (χ0) is 17.3. The maximum absolute atomic E-state index is 12.1. The smallest absolute Gasteiger partial charge is 0.174 e. The van der Waals surface area contributed by atoms with Crippen molar-refractivity contribution in [3.05, 3.63) is 52.5 Å². The molecular formula is C18H13Br2NO2S. The minimum absolute atomic E-state index is 0.0495. The summed E-state index contributed by atoms with van der Waals surface area (Å²) in [5, 5.41) is 1.53. The van der Waals surface area contributed by atoms with Gasteiger partial charge in [-0.1, -0.05) is 62.2 Å². The molecule has 0 bridgehead atoms. The predicted molar refractivity (Wildman–Crippen MR) is 106 cm³/mol. The summed E-state index contributed by atoms with van der Waals surface area (Å²) < 4.78 is 0.912. The summed E-state index contributed by atoms with van der Waals surface area (Å²) in [6.07, 6.45) is 0. The maximum atomic E-state index is 12.1. The van der Waals surface area contributed by atoms with Gasteiger partial charge >= 0.3 is 0 Å². The molecule has 3 rings (SSSR count). The molecule has 0 atom stereocenters. The fourth-order valence-electron chi connectivity index (χ4n) is 2.55. The molecule has 3 nitrogen and oxygen atoms in total. The van der Waals surface area contributed by atoms with Crippen molar-refractivity contribution in [3.63, 3.8) is 0 Å². The number of benzene rings is 2. The van der Waals surface area contributed by atoms with Crippen LogP contribution in [0.25, 0.3) is 21.3 Å². The molecule has 0 aliphatic carbocycles. The summed E-state index contributed by atoms with van der Waals surface area (Å²) in [5.74, 6) is 0.0999. The highest BCUT2D eigenvalue weighted by Crippen LogP contribution is 2.34. The standard InChI is InChI=1S/C18H13Br2NO2S/c1-10-21-17-13(6-7-14(16(23)9-20)18(17)24-10)11-2-4-12(5-3-11)15(22)8-19/h2-7H,8-9H2,1H3. The van der Waals surface area contributed by atoms with Gasteiger partial charge in [-0.15, -0.1) is 11.3 Å². The summed E-state index contributed by atoms with van der Waals surface area (Å²) in [5.41, 5.74) is 4.16. The molecule has 0 spiro atoms. The monoisotopic (exact) mass is 465 g/mol. The summed E-state index contributed by atoms with van der Waals surface area (Å²) in [4.78, 5) is 28.5. The van der Waals surface area contributed by atoms with E-state index in [2.05, 4.69) is 36.8 Å². The molecule has 0 amide bonds. The van der Waals surface area contributed by atoms with Gasteiger partial charge in [-0.05, 0) is 18.6 Å². The van der Waals surface area contributed by atoms with E-state index in [4.69, 9.17) is 0 Å². The van der Waals surface area contributed by atoms with Gasteiger partial charge in [-0.25, -0.2) is 4.98 Å². The number of hydrogen-bond acceptors (Lipinski definition) is 4. The van der Waals surface area contributed by atoms with Crippen molar-refractivity contribution in [1.82, 2.24) is 4.98 Å². The van der Waals surface area contributed by atoms with Gasteiger partial charge in [0.2, 0.25) is 0 Å². The summed E-state index contributed by atoms with van der Waals surface area (Å²) in [7, 11) is 0. The lowest BCUT2D eigenvalue weighted by Crippen LogP contribution is -2.01. The van der Waals surface area contributed by atoms with Crippen LogP contribution in [0.5, 0.6) is 0 Å². The van der Waals surface area contributed by atoms with Crippen molar-refractivity contribution in [2.45, 2.75) is 6.92 Å². The minimum Gasteiger partial charge on any atom is -0.293 e. The van der Waals surface area contributed by atoms with E-state index in [1.165, 1.54) is 11.3 Å². The van der Waals surface area contributed by atoms with Gasteiger partial charge in [0, 0.05) is 16.7 Å². The van der Waals surface area contributed by atoms with Gasteiger partial charge in [0.05, 0.1) is 25.9 Å². The third-order valence-electron chi connectivity index (χ3n) is 3.71. The molecule has 0 unspecified atom stereocenters. The fourth-order valence-corrected chi connectivity index (χ4v) is 4.15. The Morgan fingerprint density at radius 1 is 1.00 bits per heavy atom. The number of Topliss-reactive ketones (excluding diaryl/α,β-unsaturated/α-hetero) is 2. The average Bonchev–Trinajstić information content (AvgIpc) is 3.00. The van der Waals surface area contributed by atoms with Crippen LogP contribution >= 0.6 is 43.2 Å². The Balaban J connectivity index is 2.13. The van der Waals surface area contributed by atoms with Crippen LogP contribution in [0.15, 0.2) is 36.4 Å². The Kier molecular flexibility index (Phi) is 5.27. The third kappa shape index (κ3) is 3.23. The van der Waals surface area contributed by atoms with Crippen LogP contribution in [0.4, 0.5) is 0 Å². The number of aromatic nitrogens is 1. The number of ketones is 2. The molecule has 0 aliphatic rings. The van der Waals surface area contributed by atoms with Crippen LogP contribution in [-0.2, 0) is 0 Å². The first kappa shape index (κ1) is 17.5. The highest BCUT2D eigenvalue weighted by Gasteiger charge is 2.16. The number of carbonyl (C=O) groups excluding carboxylic acids is 2. The van der Waals surface area contributed by atoms with E-state index in [1.807, 2.05) is 43.3 Å². The number of carbonyl (C=O) groups is 2. The first-order valence-corrected chi connectivity index (χ1v) is 10.3. The second kappa shape index (κ2) is 7.25. The first-order valence-electron chi connectivity index (χ1n) is 7.24. The molecule has 0 radical (unpaired) electrons. The van der Waals surface area contributed by atoms with Gasteiger partial charge in [-0.3, -0.25) is 9.59 Å². The summed E-state index contributed by atoms with van der Waals surface area (Å²) in [6, 6.07) is 11.3. The Hall–Kier alpha value is -1.37. The number of alkyl halides is 2. The van der Waals surface area contributed by atoms with Crippen molar-refractivity contribution < 1.29 is 9.59 Å². The van der Waals surface area contributed by atoms with Crippen molar-refractivity contribution in [3.8, 4) is 11.1 Å². The van der Waals surface area contributed by atoms with Gasteiger partial charge < -0.3 is 0 Å². The number of hydrogen-bond donors (Lipinski definition) is 0. The Morgan fingerprint density at radius 3 is 2.29 bits per heavy atom. The molecule has 0 aliphatic heterocycles. The van der Waals surface area contributed by atoms with Crippen LogP contribution < -0.4 is 0 Å². The van der Waals surface area contributed by atoms with E-state index in [0.29, 0.717) is 21.8 Å².